The molecule has 3 rings (SSSR count). The SMILES string of the molecule is C=CC(=O)N1CC(N(CC)c2cc(-c3cncc(C)n3)c[nH]c2=O)C1. The minimum absolute atomic E-state index is 0.0787. The molecule has 0 atom stereocenters. The van der Waals surface area contributed by atoms with E-state index in [1.807, 2.05) is 24.8 Å². The molecule has 0 aromatic carbocycles. The lowest BCUT2D eigenvalue weighted by atomic mass is 10.1. The molecular weight excluding hydrogens is 318 g/mol. The number of hydrogen-bond donors (Lipinski definition) is 1. The van der Waals surface area contributed by atoms with E-state index in [1.54, 1.807) is 23.5 Å². The van der Waals surface area contributed by atoms with Crippen molar-refractivity contribution in [1.29, 1.82) is 0 Å². The van der Waals surface area contributed by atoms with Crippen LogP contribution in [0.3, 0.4) is 0 Å². The zero-order valence-corrected chi connectivity index (χ0v) is 14.4. The summed E-state index contributed by atoms with van der Waals surface area (Å²) in [6.45, 7) is 9.23. The number of nitrogens with zero attached hydrogens (tertiary/aromatic N) is 4. The summed E-state index contributed by atoms with van der Waals surface area (Å²) in [5, 5.41) is 0. The third-order valence-corrected chi connectivity index (χ3v) is 4.37. The summed E-state index contributed by atoms with van der Waals surface area (Å²) >= 11 is 0. The highest BCUT2D eigenvalue weighted by Crippen LogP contribution is 2.24. The second kappa shape index (κ2) is 6.88. The van der Waals surface area contributed by atoms with E-state index in [4.69, 9.17) is 0 Å². The van der Waals surface area contributed by atoms with Crippen molar-refractivity contribution in [3.05, 3.63) is 53.4 Å². The maximum absolute atomic E-state index is 12.4. The van der Waals surface area contributed by atoms with E-state index in [0.29, 0.717) is 31.0 Å². The minimum Gasteiger partial charge on any atom is -0.361 e. The van der Waals surface area contributed by atoms with E-state index in [0.717, 1.165) is 11.3 Å². The standard InChI is InChI=1S/C18H21N5O2/c1-4-17(24)22-10-14(11-22)23(5-2)16-6-13(8-20-18(16)25)15-9-19-7-12(3)21-15/h4,6-9,14H,1,5,10-11H2,2-3H3,(H,20,25). The van der Waals surface area contributed by atoms with Crippen LogP contribution in [0.15, 0.2) is 42.1 Å². The number of pyridine rings is 1. The maximum Gasteiger partial charge on any atom is 0.271 e. The predicted octanol–water partition coefficient (Wildman–Crippen LogP) is 1.36. The summed E-state index contributed by atoms with van der Waals surface area (Å²) < 4.78 is 0. The van der Waals surface area contributed by atoms with Crippen molar-refractivity contribution in [1.82, 2.24) is 19.9 Å². The van der Waals surface area contributed by atoms with Gasteiger partial charge in [-0.1, -0.05) is 6.58 Å². The lowest BCUT2D eigenvalue weighted by Gasteiger charge is -2.45. The fourth-order valence-corrected chi connectivity index (χ4v) is 3.02. The Bertz CT molecular complexity index is 855. The molecule has 2 aromatic heterocycles. The molecule has 0 saturated carbocycles. The molecule has 130 valence electrons. The van der Waals surface area contributed by atoms with E-state index >= 15 is 0 Å². The number of likely N-dealkylation sites (tertiary alicyclic amines) is 1. The van der Waals surface area contributed by atoms with Crippen molar-refractivity contribution < 1.29 is 4.79 Å². The molecule has 1 aliphatic heterocycles. The van der Waals surface area contributed by atoms with Crippen LogP contribution in [0.4, 0.5) is 5.69 Å². The van der Waals surface area contributed by atoms with Crippen molar-refractivity contribution >= 4 is 11.6 Å². The monoisotopic (exact) mass is 339 g/mol. The molecule has 1 aliphatic rings. The number of anilines is 1. The first-order chi connectivity index (χ1) is 12.0. The van der Waals surface area contributed by atoms with Crippen LogP contribution in [0.25, 0.3) is 11.3 Å². The lowest BCUT2D eigenvalue weighted by molar-refractivity contribution is -0.130. The fraction of sp³-hybridized carbons (Fsp3) is 0.333. The topological polar surface area (TPSA) is 82.2 Å². The van der Waals surface area contributed by atoms with Gasteiger partial charge in [0.2, 0.25) is 5.91 Å². The largest absolute Gasteiger partial charge is 0.361 e. The van der Waals surface area contributed by atoms with Crippen molar-refractivity contribution in [3.8, 4) is 11.3 Å². The van der Waals surface area contributed by atoms with Gasteiger partial charge in [-0.3, -0.25) is 14.6 Å². The zero-order valence-electron chi connectivity index (χ0n) is 14.4. The summed E-state index contributed by atoms with van der Waals surface area (Å²) in [6, 6.07) is 1.96. The summed E-state index contributed by atoms with van der Waals surface area (Å²) in [7, 11) is 0. The van der Waals surface area contributed by atoms with Crippen molar-refractivity contribution in [2.45, 2.75) is 19.9 Å². The average molecular weight is 339 g/mol. The van der Waals surface area contributed by atoms with Gasteiger partial charge in [0.05, 0.1) is 23.6 Å². The van der Waals surface area contributed by atoms with Gasteiger partial charge in [-0.15, -0.1) is 0 Å². The summed E-state index contributed by atoms with van der Waals surface area (Å²) in [5.74, 6) is -0.0787. The van der Waals surface area contributed by atoms with E-state index in [9.17, 15) is 9.59 Å². The summed E-state index contributed by atoms with van der Waals surface area (Å²) in [5.41, 5.74) is 2.77. The first kappa shape index (κ1) is 16.9. The van der Waals surface area contributed by atoms with Crippen LogP contribution < -0.4 is 10.5 Å². The van der Waals surface area contributed by atoms with Crippen LogP contribution in [0.1, 0.15) is 12.6 Å². The number of aryl methyl sites for hydroxylation is 1. The Labute approximate surface area is 146 Å². The molecule has 7 nitrogen and oxygen atoms in total. The molecule has 0 aliphatic carbocycles. The van der Waals surface area contributed by atoms with Gasteiger partial charge in [-0.2, -0.15) is 0 Å². The number of likely N-dealkylation sites (N-methyl/N-ethyl adjacent to an activating group) is 1. The number of amides is 1. The second-order valence-corrected chi connectivity index (χ2v) is 6.04. The van der Waals surface area contributed by atoms with Crippen molar-refractivity contribution in [2.24, 2.45) is 0 Å². The van der Waals surface area contributed by atoms with Crippen LogP contribution in [0, 0.1) is 6.92 Å². The molecular formula is C18H21N5O2. The van der Waals surface area contributed by atoms with Gasteiger partial charge < -0.3 is 14.8 Å². The number of hydrogen-bond acceptors (Lipinski definition) is 5. The highest BCUT2D eigenvalue weighted by Gasteiger charge is 2.34. The summed E-state index contributed by atoms with van der Waals surface area (Å²) in [4.78, 5) is 39.1. The first-order valence-electron chi connectivity index (χ1n) is 8.23. The smallest absolute Gasteiger partial charge is 0.271 e. The van der Waals surface area contributed by atoms with Gasteiger partial charge in [0.1, 0.15) is 5.69 Å². The molecule has 0 spiro atoms. The second-order valence-electron chi connectivity index (χ2n) is 6.04. The third-order valence-electron chi connectivity index (χ3n) is 4.37. The first-order valence-corrected chi connectivity index (χ1v) is 8.23. The lowest BCUT2D eigenvalue weighted by Crippen LogP contribution is -2.61. The predicted molar refractivity (Wildman–Crippen MR) is 96.4 cm³/mol. The molecule has 7 heteroatoms. The van der Waals surface area contributed by atoms with Crippen LogP contribution in [0.2, 0.25) is 0 Å². The van der Waals surface area contributed by atoms with Crippen LogP contribution >= 0.6 is 0 Å². The van der Waals surface area contributed by atoms with Crippen molar-refractivity contribution in [3.63, 3.8) is 0 Å². The van der Waals surface area contributed by atoms with Gasteiger partial charge in [-0.05, 0) is 26.0 Å². The van der Waals surface area contributed by atoms with Crippen LogP contribution in [0.5, 0.6) is 0 Å². The molecule has 1 amide bonds. The Balaban J connectivity index is 1.88. The van der Waals surface area contributed by atoms with Crippen LogP contribution in [-0.4, -0.2) is 51.4 Å². The van der Waals surface area contributed by atoms with E-state index in [-0.39, 0.29) is 17.5 Å². The maximum atomic E-state index is 12.4. The Hall–Kier alpha value is -2.96. The molecule has 1 fully saturated rings. The molecule has 3 heterocycles. The molecule has 0 radical (unpaired) electrons. The Morgan fingerprint density at radius 2 is 2.24 bits per heavy atom. The van der Waals surface area contributed by atoms with E-state index < -0.39 is 0 Å². The Morgan fingerprint density at radius 1 is 1.48 bits per heavy atom. The zero-order chi connectivity index (χ0) is 18.0. The average Bonchev–Trinajstić information content (AvgIpc) is 2.58. The van der Waals surface area contributed by atoms with Crippen LogP contribution in [-0.2, 0) is 4.79 Å². The Kier molecular flexibility index (Phi) is 4.65. The molecule has 25 heavy (non-hydrogen) atoms. The number of aromatic amines is 1. The van der Waals surface area contributed by atoms with Gasteiger partial charge in [0.15, 0.2) is 0 Å². The number of carbonyl (C=O) groups excluding carboxylic acids is 1. The van der Waals surface area contributed by atoms with Gasteiger partial charge >= 0.3 is 0 Å². The normalized spacial score (nSPS) is 14.1. The molecule has 1 saturated heterocycles. The number of rotatable bonds is 5. The third kappa shape index (κ3) is 3.31. The summed E-state index contributed by atoms with van der Waals surface area (Å²) in [6.07, 6.45) is 6.33. The Morgan fingerprint density at radius 3 is 2.88 bits per heavy atom. The van der Waals surface area contributed by atoms with Crippen molar-refractivity contribution in [2.75, 3.05) is 24.5 Å². The highest BCUT2D eigenvalue weighted by molar-refractivity contribution is 5.87. The van der Waals surface area contributed by atoms with E-state index in [2.05, 4.69) is 21.5 Å². The molecule has 1 N–H and O–H groups in total. The quantitative estimate of drug-likeness (QED) is 0.832. The minimum atomic E-state index is -0.153. The number of nitrogens with one attached hydrogen (secondary N) is 1. The highest BCUT2D eigenvalue weighted by atomic mass is 16.2. The number of H-pyrrole nitrogens is 1. The molecule has 2 aromatic rings. The molecule has 0 bridgehead atoms. The van der Waals surface area contributed by atoms with Gasteiger partial charge in [0.25, 0.3) is 5.56 Å². The molecule has 0 unspecified atom stereocenters. The number of aromatic nitrogens is 3. The fourth-order valence-electron chi connectivity index (χ4n) is 3.02. The van der Waals surface area contributed by atoms with Gasteiger partial charge in [-0.25, -0.2) is 4.98 Å². The van der Waals surface area contributed by atoms with Gasteiger partial charge in [0, 0.05) is 37.6 Å². The van der Waals surface area contributed by atoms with E-state index in [1.165, 1.54) is 6.08 Å². The number of carbonyl (C=O) groups is 1.